The topological polar surface area (TPSA) is 159 Å². The van der Waals surface area contributed by atoms with Crippen LogP contribution < -0.4 is 0 Å². The molecule has 0 unspecified atom stereocenters. The number of rotatable bonds is 2. The fourth-order valence-electron chi connectivity index (χ4n) is 0.566. The molecule has 0 atom stereocenters. The Hall–Kier alpha value is 0.105. The fourth-order valence-corrected chi connectivity index (χ4v) is 5.09. The van der Waals surface area contributed by atoms with Crippen LogP contribution in [0, 0.1) is 60.6 Å². The summed E-state index contributed by atoms with van der Waals surface area (Å²) in [5.74, 6) is 1.49. The van der Waals surface area contributed by atoms with Gasteiger partial charge in [0.15, 0.2) is 0 Å². The average molecular weight is 748 g/mol. The third-order valence-electron chi connectivity index (χ3n) is 0.566. The van der Waals surface area contributed by atoms with Crippen molar-refractivity contribution in [3.63, 3.8) is 0 Å². The van der Waals surface area contributed by atoms with Crippen LogP contribution in [0.4, 0.5) is 0 Å². The van der Waals surface area contributed by atoms with Gasteiger partial charge in [-0.2, -0.15) is 0 Å². The van der Waals surface area contributed by atoms with E-state index in [9.17, 15) is 0 Å². The molecule has 26 heavy (non-hydrogen) atoms. The third kappa shape index (κ3) is 764. The Kier molecular flexibility index (Phi) is 919. The fraction of sp³-hybridized carbons (Fsp3) is 0.357. The van der Waals surface area contributed by atoms with Crippen molar-refractivity contribution < 1.29 is 78.1 Å². The van der Waals surface area contributed by atoms with Gasteiger partial charge >= 0.3 is 90.4 Å². The molecule has 146 valence electrons. The normalized spacial score (nSPS) is 3.62. The van der Waals surface area contributed by atoms with Gasteiger partial charge in [-0.1, -0.05) is 0 Å². The zero-order valence-electron chi connectivity index (χ0n) is 14.6. The summed E-state index contributed by atoms with van der Waals surface area (Å²) in [5, 5.41) is 0. The van der Waals surface area contributed by atoms with Gasteiger partial charge in [0.25, 0.3) is 0 Å². The van der Waals surface area contributed by atoms with Crippen LogP contribution in [0.15, 0.2) is 0 Å². The molecule has 0 aliphatic rings. The monoisotopic (exact) mass is 749 g/mol. The number of hydrogen-bond donors (Lipinski definition) is 0. The standard InChI is InChI=1S/C5H14P2.8CO.CH3.2Re/c1-6(2)5-7(3)4;8*1-2;;;/h5H2,1-4H3;;;;;;;;;1H3;;/q;;;;;;;;;-1;;. The molecular formula is C14H17O8P2Re2-. The summed E-state index contributed by atoms with van der Waals surface area (Å²) >= 11 is 0. The molecule has 0 aromatic heterocycles. The van der Waals surface area contributed by atoms with E-state index in [4.69, 9.17) is 37.2 Å². The summed E-state index contributed by atoms with van der Waals surface area (Å²) in [6, 6.07) is 0. The van der Waals surface area contributed by atoms with Gasteiger partial charge in [0, 0.05) is 40.8 Å². The minimum atomic E-state index is 0. The van der Waals surface area contributed by atoms with Crippen molar-refractivity contribution in [2.24, 2.45) is 0 Å². The molecule has 0 bridgehead atoms. The van der Waals surface area contributed by atoms with Crippen molar-refractivity contribution >= 4 is 15.8 Å². The second-order valence-corrected chi connectivity index (χ2v) is 7.75. The van der Waals surface area contributed by atoms with Crippen LogP contribution in [0.1, 0.15) is 0 Å². The Morgan fingerprint density at radius 2 is 0.500 bits per heavy atom. The molecule has 2 radical (unpaired) electrons. The molecule has 0 amide bonds. The molecular weight excluding hydrogens is 731 g/mol. The van der Waals surface area contributed by atoms with Crippen molar-refractivity contribution in [1.29, 1.82) is 0 Å². The summed E-state index contributed by atoms with van der Waals surface area (Å²) < 4.78 is 60.0. The minimum Gasteiger partial charge on any atom is -0.358 e. The maximum atomic E-state index is 7.50. The molecule has 0 saturated heterocycles. The third-order valence-corrected chi connectivity index (χ3v) is 5.09. The summed E-state index contributed by atoms with van der Waals surface area (Å²) in [5.41, 5.74) is 0. The van der Waals surface area contributed by atoms with Crippen LogP contribution in [0.25, 0.3) is 0 Å². The first-order valence-corrected chi connectivity index (χ1v) is 8.90. The van der Waals surface area contributed by atoms with Crippen LogP contribution in [0.3, 0.4) is 0 Å². The molecule has 12 heteroatoms. The molecule has 0 rings (SSSR count). The van der Waals surface area contributed by atoms with E-state index in [0.717, 1.165) is 0 Å². The van der Waals surface area contributed by atoms with Gasteiger partial charge in [-0.05, 0) is 32.6 Å². The van der Waals surface area contributed by atoms with Gasteiger partial charge in [-0.3, -0.25) is 0 Å². The van der Waals surface area contributed by atoms with Crippen molar-refractivity contribution in [2.75, 3.05) is 32.6 Å². The molecule has 0 aromatic carbocycles. The summed E-state index contributed by atoms with van der Waals surface area (Å²) in [6.07, 6.45) is 0. The molecule has 0 aliphatic heterocycles. The summed E-state index contributed by atoms with van der Waals surface area (Å²) in [4.78, 5) is 0. The Morgan fingerprint density at radius 3 is 0.500 bits per heavy atom. The van der Waals surface area contributed by atoms with Gasteiger partial charge < -0.3 is 7.43 Å². The minimum absolute atomic E-state index is 0. The van der Waals surface area contributed by atoms with E-state index < -0.39 is 0 Å². The molecule has 8 nitrogen and oxygen atoms in total. The largest absolute Gasteiger partial charge is 0.358 e. The predicted molar refractivity (Wildman–Crippen MR) is 80.3 cm³/mol. The molecule has 0 saturated carbocycles. The van der Waals surface area contributed by atoms with Crippen molar-refractivity contribution in [1.82, 2.24) is 0 Å². The number of hydrogen-bond acceptors (Lipinski definition) is 0. The average Bonchev–Trinajstić information content (AvgIpc) is 2.67. The van der Waals surface area contributed by atoms with Crippen LogP contribution in [-0.4, -0.2) is 32.6 Å². The summed E-state index contributed by atoms with van der Waals surface area (Å²) in [7, 11) is 0.778. The first-order chi connectivity index (χ1) is 11.1. The maximum absolute atomic E-state index is 7.50. The Morgan fingerprint density at radius 1 is 0.423 bits per heavy atom. The quantitative estimate of drug-likeness (QED) is 0.231. The summed E-state index contributed by atoms with van der Waals surface area (Å²) in [6.45, 7) is 45.4. The SMILES string of the molecule is CP(C)CP(C)C.[C-]#[O+].[C-]#[O+].[C-]#[O+].[C-]#[O+].[C-]#[O+].[C-]#[O+].[C-]#[O+].[C-]#[O+].[CH3-].[Re].[Re]. The predicted octanol–water partition coefficient (Wildman–Crippen LogP) is 2.57. The molecule has 0 spiro atoms. The van der Waals surface area contributed by atoms with Gasteiger partial charge in [-0.15, -0.1) is 15.8 Å². The van der Waals surface area contributed by atoms with Crippen LogP contribution in [-0.2, 0) is 78.1 Å². The van der Waals surface area contributed by atoms with Crippen LogP contribution in [0.5, 0.6) is 0 Å². The van der Waals surface area contributed by atoms with E-state index in [-0.39, 0.29) is 48.3 Å². The van der Waals surface area contributed by atoms with E-state index in [1.54, 1.807) is 0 Å². The van der Waals surface area contributed by atoms with Gasteiger partial charge in [0.2, 0.25) is 0 Å². The molecule has 0 fully saturated rings. The first-order valence-electron chi connectivity index (χ1n) is 4.05. The molecule has 0 aromatic rings. The van der Waals surface area contributed by atoms with E-state index >= 15 is 0 Å². The first kappa shape index (κ1) is 82.7. The van der Waals surface area contributed by atoms with Crippen molar-refractivity contribution in [3.05, 3.63) is 60.6 Å². The Balaban J connectivity index is -0.00000000909. The van der Waals surface area contributed by atoms with Gasteiger partial charge in [0.1, 0.15) is 0 Å². The zero-order valence-corrected chi connectivity index (χ0v) is 21.8. The van der Waals surface area contributed by atoms with Gasteiger partial charge in [0.05, 0.1) is 0 Å². The van der Waals surface area contributed by atoms with Crippen molar-refractivity contribution in [2.45, 2.75) is 0 Å². The van der Waals surface area contributed by atoms with Gasteiger partial charge in [-0.25, -0.2) is 0 Å². The van der Waals surface area contributed by atoms with Crippen LogP contribution in [0.2, 0.25) is 0 Å². The second-order valence-electron chi connectivity index (χ2n) is 2.30. The second kappa shape index (κ2) is 289. The van der Waals surface area contributed by atoms with Crippen LogP contribution >= 0.6 is 15.8 Å². The van der Waals surface area contributed by atoms with Crippen molar-refractivity contribution in [3.8, 4) is 0 Å². The van der Waals surface area contributed by atoms with E-state index in [0.29, 0.717) is 15.8 Å². The maximum Gasteiger partial charge on any atom is 0 e. The Labute approximate surface area is 186 Å². The Bertz CT molecular complexity index is 228. The van der Waals surface area contributed by atoms with E-state index in [1.165, 1.54) is 5.90 Å². The zero-order chi connectivity index (χ0) is 21.9. The van der Waals surface area contributed by atoms with E-state index in [1.807, 2.05) is 0 Å². The molecule has 0 aliphatic carbocycles. The van der Waals surface area contributed by atoms with E-state index in [2.05, 4.69) is 79.9 Å². The smallest absolute Gasteiger partial charge is 0 e. The molecule has 0 heterocycles. The molecule has 0 N–H and O–H groups in total.